The number of amides is 1. The Morgan fingerprint density at radius 2 is 1.85 bits per heavy atom. The van der Waals surface area contributed by atoms with Crippen LogP contribution in [-0.4, -0.2) is 30.6 Å². The van der Waals surface area contributed by atoms with Gasteiger partial charge in [0.05, 0.1) is 5.52 Å². The summed E-state index contributed by atoms with van der Waals surface area (Å²) >= 11 is 0. The summed E-state index contributed by atoms with van der Waals surface area (Å²) < 4.78 is 2.05. The summed E-state index contributed by atoms with van der Waals surface area (Å²) in [6, 6.07) is 21.6. The molecular formula is C27H24N6O. The van der Waals surface area contributed by atoms with Crippen molar-refractivity contribution in [3.05, 3.63) is 91.1 Å². The van der Waals surface area contributed by atoms with E-state index in [1.165, 1.54) is 0 Å². The highest BCUT2D eigenvalue weighted by atomic mass is 16.1. The zero-order valence-electron chi connectivity index (χ0n) is 19.0. The maximum Gasteiger partial charge on any atom is 0.274 e. The molecule has 0 spiro atoms. The van der Waals surface area contributed by atoms with Crippen molar-refractivity contribution in [3.8, 4) is 22.5 Å². The first-order valence-corrected chi connectivity index (χ1v) is 11.2. The smallest absolute Gasteiger partial charge is 0.274 e. The van der Waals surface area contributed by atoms with Crippen LogP contribution in [0.1, 0.15) is 36.8 Å². The molecular weight excluding hydrogens is 424 g/mol. The quantitative estimate of drug-likeness (QED) is 0.356. The van der Waals surface area contributed by atoms with Crippen molar-refractivity contribution in [2.24, 2.45) is 0 Å². The number of para-hydroxylation sites is 1. The van der Waals surface area contributed by atoms with Crippen LogP contribution in [0.25, 0.3) is 33.4 Å². The number of nitrogens with zero attached hydrogens (tertiary/aromatic N) is 5. The van der Waals surface area contributed by atoms with E-state index in [1.807, 2.05) is 65.4 Å². The highest BCUT2D eigenvalue weighted by Crippen LogP contribution is 2.26. The molecule has 1 atom stereocenters. The van der Waals surface area contributed by atoms with E-state index >= 15 is 0 Å². The number of hydrogen-bond acceptors (Lipinski definition) is 5. The molecule has 1 amide bonds. The molecule has 0 aliphatic carbocycles. The van der Waals surface area contributed by atoms with Gasteiger partial charge in [0.15, 0.2) is 5.82 Å². The molecule has 5 aromatic rings. The number of benzene rings is 2. The molecule has 0 saturated heterocycles. The number of anilines is 1. The molecule has 7 heteroatoms. The van der Waals surface area contributed by atoms with Crippen molar-refractivity contribution >= 4 is 22.5 Å². The monoisotopic (exact) mass is 448 g/mol. The van der Waals surface area contributed by atoms with Gasteiger partial charge < -0.3 is 9.88 Å². The summed E-state index contributed by atoms with van der Waals surface area (Å²) in [6.07, 6.45) is 6.17. The van der Waals surface area contributed by atoms with Crippen molar-refractivity contribution in [2.45, 2.75) is 26.3 Å². The molecule has 0 aliphatic heterocycles. The van der Waals surface area contributed by atoms with E-state index < -0.39 is 0 Å². The molecule has 0 radical (unpaired) electrons. The Morgan fingerprint density at radius 1 is 0.971 bits per heavy atom. The largest absolute Gasteiger partial charge is 0.321 e. The number of hydrogen-bond donors (Lipinski definition) is 1. The molecule has 0 fully saturated rings. The second-order valence-electron chi connectivity index (χ2n) is 8.20. The van der Waals surface area contributed by atoms with Crippen LogP contribution in [0, 0.1) is 0 Å². The van der Waals surface area contributed by atoms with Gasteiger partial charge in [-0.25, -0.2) is 0 Å². The minimum atomic E-state index is -0.281. The molecule has 168 valence electrons. The van der Waals surface area contributed by atoms with Crippen LogP contribution in [0.2, 0.25) is 0 Å². The van der Waals surface area contributed by atoms with Gasteiger partial charge in [0.25, 0.3) is 5.91 Å². The Kier molecular flexibility index (Phi) is 5.82. The summed E-state index contributed by atoms with van der Waals surface area (Å²) in [5.74, 6) is 0.491. The van der Waals surface area contributed by atoms with E-state index in [1.54, 1.807) is 18.6 Å². The van der Waals surface area contributed by atoms with Crippen LogP contribution >= 0.6 is 0 Å². The number of aromatic nitrogens is 5. The molecule has 1 N–H and O–H groups in total. The number of fused-ring (bicyclic) bond motifs is 1. The lowest BCUT2D eigenvalue weighted by Crippen LogP contribution is -2.13. The van der Waals surface area contributed by atoms with E-state index in [2.05, 4.69) is 45.4 Å². The van der Waals surface area contributed by atoms with Crippen molar-refractivity contribution < 1.29 is 4.79 Å². The lowest BCUT2D eigenvalue weighted by Gasteiger charge is -2.13. The molecule has 0 bridgehead atoms. The van der Waals surface area contributed by atoms with E-state index in [0.717, 1.165) is 39.8 Å². The lowest BCUT2D eigenvalue weighted by atomic mass is 10.1. The minimum absolute atomic E-state index is 0.278. The molecule has 0 saturated carbocycles. The molecule has 3 heterocycles. The van der Waals surface area contributed by atoms with Crippen LogP contribution in [0.15, 0.2) is 85.5 Å². The first-order chi connectivity index (χ1) is 16.6. The minimum Gasteiger partial charge on any atom is -0.321 e. The van der Waals surface area contributed by atoms with Gasteiger partial charge in [-0.15, -0.1) is 10.2 Å². The third-order valence-corrected chi connectivity index (χ3v) is 5.93. The van der Waals surface area contributed by atoms with Gasteiger partial charge in [-0.1, -0.05) is 37.3 Å². The number of carbonyl (C=O) groups excluding carboxylic acids is 1. The van der Waals surface area contributed by atoms with Gasteiger partial charge in [-0.3, -0.25) is 14.8 Å². The highest BCUT2D eigenvalue weighted by Gasteiger charge is 2.14. The molecule has 2 aromatic carbocycles. The molecule has 5 rings (SSSR count). The van der Waals surface area contributed by atoms with Gasteiger partial charge in [-0.05, 0) is 55.3 Å². The average Bonchev–Trinajstić information content (AvgIpc) is 3.38. The summed E-state index contributed by atoms with van der Waals surface area (Å²) in [5, 5.41) is 12.4. The first kappa shape index (κ1) is 21.5. The third kappa shape index (κ3) is 4.28. The normalized spacial score (nSPS) is 11.9. The van der Waals surface area contributed by atoms with E-state index in [9.17, 15) is 4.79 Å². The van der Waals surface area contributed by atoms with Crippen molar-refractivity contribution in [1.82, 2.24) is 24.7 Å². The maximum absolute atomic E-state index is 13.0. The zero-order valence-corrected chi connectivity index (χ0v) is 19.0. The second kappa shape index (κ2) is 9.23. The predicted octanol–water partition coefficient (Wildman–Crippen LogP) is 5.78. The maximum atomic E-state index is 13.0. The molecule has 3 aromatic heterocycles. The van der Waals surface area contributed by atoms with Crippen LogP contribution < -0.4 is 5.32 Å². The second-order valence-corrected chi connectivity index (χ2v) is 8.20. The summed E-state index contributed by atoms with van der Waals surface area (Å²) in [4.78, 5) is 21.8. The standard InChI is InChI=1S/C27H24N6O/c1-3-18(2)33-17-30-32-26(33)21-8-6-9-23(14-21)31-27(34)25-15-19(11-12-28-25)22-13-20-7-4-5-10-24(20)29-16-22/h4-18H,3H2,1-2H3,(H,31,34). The van der Waals surface area contributed by atoms with Crippen LogP contribution in [0.3, 0.4) is 0 Å². The summed E-state index contributed by atoms with van der Waals surface area (Å²) in [5.41, 5.74) is 4.64. The van der Waals surface area contributed by atoms with Gasteiger partial charge in [0.1, 0.15) is 12.0 Å². The van der Waals surface area contributed by atoms with Crippen LogP contribution in [-0.2, 0) is 0 Å². The van der Waals surface area contributed by atoms with Gasteiger partial charge in [0.2, 0.25) is 0 Å². The number of nitrogens with one attached hydrogen (secondary N) is 1. The zero-order chi connectivity index (χ0) is 23.5. The SMILES string of the molecule is CCC(C)n1cnnc1-c1cccc(NC(=O)c2cc(-c3cnc4ccccc4c3)ccn2)c1. The Hall–Kier alpha value is -4.39. The Morgan fingerprint density at radius 3 is 2.74 bits per heavy atom. The topological polar surface area (TPSA) is 85.6 Å². The fourth-order valence-electron chi connectivity index (χ4n) is 3.86. The third-order valence-electron chi connectivity index (χ3n) is 5.93. The number of pyridine rings is 2. The Balaban J connectivity index is 1.39. The Bertz CT molecular complexity index is 1480. The number of rotatable bonds is 6. The highest BCUT2D eigenvalue weighted by molar-refractivity contribution is 6.03. The average molecular weight is 449 g/mol. The fourth-order valence-corrected chi connectivity index (χ4v) is 3.86. The van der Waals surface area contributed by atoms with Crippen molar-refractivity contribution in [3.63, 3.8) is 0 Å². The van der Waals surface area contributed by atoms with Gasteiger partial charge in [-0.2, -0.15) is 0 Å². The van der Waals surface area contributed by atoms with Crippen molar-refractivity contribution in [2.75, 3.05) is 5.32 Å². The lowest BCUT2D eigenvalue weighted by molar-refractivity contribution is 0.102. The molecule has 7 nitrogen and oxygen atoms in total. The molecule has 0 aliphatic rings. The number of carbonyl (C=O) groups is 1. The summed E-state index contributed by atoms with van der Waals surface area (Å²) in [6.45, 7) is 4.25. The summed E-state index contributed by atoms with van der Waals surface area (Å²) in [7, 11) is 0. The van der Waals surface area contributed by atoms with E-state index in [4.69, 9.17) is 0 Å². The Labute approximate surface area is 197 Å². The molecule has 34 heavy (non-hydrogen) atoms. The first-order valence-electron chi connectivity index (χ1n) is 11.2. The van der Waals surface area contributed by atoms with Crippen LogP contribution in [0.5, 0.6) is 0 Å². The van der Waals surface area contributed by atoms with Gasteiger partial charge >= 0.3 is 0 Å². The van der Waals surface area contributed by atoms with Crippen LogP contribution in [0.4, 0.5) is 5.69 Å². The van der Waals surface area contributed by atoms with E-state index in [-0.39, 0.29) is 11.9 Å². The fraction of sp³-hybridized carbons (Fsp3) is 0.148. The molecule has 1 unspecified atom stereocenters. The van der Waals surface area contributed by atoms with Crippen molar-refractivity contribution in [1.29, 1.82) is 0 Å². The predicted molar refractivity (Wildman–Crippen MR) is 133 cm³/mol. The van der Waals surface area contributed by atoms with E-state index in [0.29, 0.717) is 11.4 Å². The van der Waals surface area contributed by atoms with Gasteiger partial charge in [0, 0.05) is 40.6 Å².